The normalized spacial score (nSPS) is 21.2. The molecule has 0 saturated carbocycles. The molecule has 0 N–H and O–H groups in total. The van der Waals surface area contributed by atoms with Crippen molar-refractivity contribution >= 4 is 39.7 Å². The van der Waals surface area contributed by atoms with Crippen molar-refractivity contribution in [2.75, 3.05) is 43.4 Å². The second kappa shape index (κ2) is 8.66. The van der Waals surface area contributed by atoms with Crippen molar-refractivity contribution in [1.29, 1.82) is 0 Å². The van der Waals surface area contributed by atoms with Crippen molar-refractivity contribution in [2.45, 2.75) is 43.2 Å². The Morgan fingerprint density at radius 3 is 2.66 bits per heavy atom. The van der Waals surface area contributed by atoms with E-state index < -0.39 is 0 Å². The van der Waals surface area contributed by atoms with Crippen LogP contribution in [0.15, 0.2) is 35.5 Å². The number of aromatic nitrogens is 1. The van der Waals surface area contributed by atoms with Crippen LogP contribution in [-0.2, 0) is 0 Å². The first-order chi connectivity index (χ1) is 14.3. The molecule has 0 bridgehead atoms. The standard InChI is InChI=1S/C22H28N4OS2/c27-22(25-13-8-17(9-14-25)24-11-2-1-3-12-24)19-6-7-20(29-19)26-15-16-28-21-18(26)5-4-10-23-21/h4-7,10,17H,1-3,8-9,11-16H2. The number of piperidine rings is 2. The molecule has 3 aliphatic rings. The van der Waals surface area contributed by atoms with Gasteiger partial charge in [-0.15, -0.1) is 23.1 Å². The Bertz CT molecular complexity index is 856. The van der Waals surface area contributed by atoms with Crippen molar-refractivity contribution in [3.63, 3.8) is 0 Å². The summed E-state index contributed by atoms with van der Waals surface area (Å²) in [4.78, 5) is 25.5. The predicted octanol–water partition coefficient (Wildman–Crippen LogP) is 4.48. The van der Waals surface area contributed by atoms with Crippen LogP contribution in [0.2, 0.25) is 0 Å². The van der Waals surface area contributed by atoms with Gasteiger partial charge in [-0.2, -0.15) is 0 Å². The molecule has 0 aromatic carbocycles. The van der Waals surface area contributed by atoms with Gasteiger partial charge in [0.1, 0.15) is 5.03 Å². The van der Waals surface area contributed by atoms with Gasteiger partial charge in [0.05, 0.1) is 15.6 Å². The van der Waals surface area contributed by atoms with Gasteiger partial charge in [0.25, 0.3) is 5.91 Å². The van der Waals surface area contributed by atoms with Crippen LogP contribution in [0.1, 0.15) is 41.8 Å². The molecule has 0 radical (unpaired) electrons. The Balaban J connectivity index is 1.24. The lowest BCUT2D eigenvalue weighted by atomic mass is 10.00. The molecule has 0 atom stereocenters. The van der Waals surface area contributed by atoms with Crippen LogP contribution in [0.25, 0.3) is 0 Å². The zero-order valence-corrected chi connectivity index (χ0v) is 18.4. The van der Waals surface area contributed by atoms with Gasteiger partial charge < -0.3 is 14.7 Å². The number of pyridine rings is 1. The molecule has 2 saturated heterocycles. The highest BCUT2D eigenvalue weighted by atomic mass is 32.2. The summed E-state index contributed by atoms with van der Waals surface area (Å²) in [6, 6.07) is 8.90. The number of carbonyl (C=O) groups is 1. The molecule has 7 heteroatoms. The highest BCUT2D eigenvalue weighted by molar-refractivity contribution is 7.99. The quantitative estimate of drug-likeness (QED) is 0.721. The molecule has 2 aromatic rings. The fraction of sp³-hybridized carbons (Fsp3) is 0.545. The van der Waals surface area contributed by atoms with E-state index in [2.05, 4.69) is 31.8 Å². The molecule has 5 nitrogen and oxygen atoms in total. The summed E-state index contributed by atoms with van der Waals surface area (Å²) in [6.07, 6.45) is 8.14. The van der Waals surface area contributed by atoms with E-state index in [0.29, 0.717) is 6.04 Å². The van der Waals surface area contributed by atoms with Crippen molar-refractivity contribution < 1.29 is 4.79 Å². The highest BCUT2D eigenvalue weighted by Gasteiger charge is 2.29. The average Bonchev–Trinajstić information content (AvgIpc) is 3.29. The van der Waals surface area contributed by atoms with E-state index in [9.17, 15) is 4.79 Å². The number of nitrogens with zero attached hydrogens (tertiary/aromatic N) is 4. The lowest BCUT2D eigenvalue weighted by molar-refractivity contribution is 0.0594. The molecule has 154 valence electrons. The number of rotatable bonds is 3. The summed E-state index contributed by atoms with van der Waals surface area (Å²) in [5.74, 6) is 1.23. The van der Waals surface area contributed by atoms with E-state index in [4.69, 9.17) is 0 Å². The maximum atomic E-state index is 13.1. The van der Waals surface area contributed by atoms with Crippen LogP contribution in [0.4, 0.5) is 10.7 Å². The molecular weight excluding hydrogens is 400 g/mol. The molecule has 5 heterocycles. The lowest BCUT2D eigenvalue weighted by Crippen LogP contribution is -2.48. The Kier molecular flexibility index (Phi) is 5.79. The number of thioether (sulfide) groups is 1. The van der Waals surface area contributed by atoms with Crippen LogP contribution in [0, 0.1) is 0 Å². The number of hydrogen-bond donors (Lipinski definition) is 0. The summed E-state index contributed by atoms with van der Waals surface area (Å²) < 4.78 is 0. The first-order valence-electron chi connectivity index (χ1n) is 10.8. The summed E-state index contributed by atoms with van der Waals surface area (Å²) >= 11 is 3.43. The summed E-state index contributed by atoms with van der Waals surface area (Å²) in [5, 5.41) is 2.23. The van der Waals surface area contributed by atoms with E-state index in [1.807, 2.05) is 30.1 Å². The molecule has 5 rings (SSSR count). The van der Waals surface area contributed by atoms with Gasteiger partial charge in [-0.05, 0) is 63.0 Å². The van der Waals surface area contributed by atoms with E-state index in [1.165, 1.54) is 32.4 Å². The van der Waals surface area contributed by atoms with Gasteiger partial charge in [0.15, 0.2) is 0 Å². The highest BCUT2D eigenvalue weighted by Crippen LogP contribution is 2.40. The van der Waals surface area contributed by atoms with E-state index in [-0.39, 0.29) is 5.91 Å². The Hall–Kier alpha value is -1.57. The molecule has 0 aliphatic carbocycles. The average molecular weight is 429 g/mol. The minimum atomic E-state index is 0.205. The number of thiophene rings is 1. The second-order valence-electron chi connectivity index (χ2n) is 8.09. The number of hydrogen-bond acceptors (Lipinski definition) is 6. The van der Waals surface area contributed by atoms with Gasteiger partial charge in [-0.1, -0.05) is 6.42 Å². The van der Waals surface area contributed by atoms with Gasteiger partial charge in [-0.3, -0.25) is 4.79 Å². The van der Waals surface area contributed by atoms with Crippen molar-refractivity contribution in [2.24, 2.45) is 0 Å². The fourth-order valence-corrected chi connectivity index (χ4v) is 6.69. The van der Waals surface area contributed by atoms with Crippen molar-refractivity contribution in [1.82, 2.24) is 14.8 Å². The number of fused-ring (bicyclic) bond motifs is 1. The van der Waals surface area contributed by atoms with Crippen LogP contribution < -0.4 is 4.90 Å². The number of amides is 1. The molecule has 3 aliphatic heterocycles. The van der Waals surface area contributed by atoms with Gasteiger partial charge >= 0.3 is 0 Å². The number of anilines is 2. The third kappa shape index (κ3) is 4.05. The molecule has 0 unspecified atom stereocenters. The topological polar surface area (TPSA) is 39.7 Å². The lowest BCUT2D eigenvalue weighted by Gasteiger charge is -2.40. The Morgan fingerprint density at radius 1 is 1.00 bits per heavy atom. The van der Waals surface area contributed by atoms with Gasteiger partial charge in [0.2, 0.25) is 0 Å². The predicted molar refractivity (Wildman–Crippen MR) is 121 cm³/mol. The van der Waals surface area contributed by atoms with Gasteiger partial charge in [0, 0.05) is 37.6 Å². The van der Waals surface area contributed by atoms with E-state index in [1.54, 1.807) is 11.3 Å². The summed E-state index contributed by atoms with van der Waals surface area (Å²) in [6.45, 7) is 5.23. The first kappa shape index (κ1) is 19.4. The fourth-order valence-electron chi connectivity index (χ4n) is 4.74. The number of carbonyl (C=O) groups excluding carboxylic acids is 1. The maximum Gasteiger partial charge on any atom is 0.263 e. The molecule has 2 aromatic heterocycles. The monoisotopic (exact) mass is 428 g/mol. The van der Waals surface area contributed by atoms with Gasteiger partial charge in [-0.25, -0.2) is 4.98 Å². The second-order valence-corrected chi connectivity index (χ2v) is 10.2. The SMILES string of the molecule is O=C(c1ccc(N2CCSc3ncccc32)s1)N1CCC(N2CCCCC2)CC1. The zero-order valence-electron chi connectivity index (χ0n) is 16.8. The smallest absolute Gasteiger partial charge is 0.263 e. The molecular formula is C22H28N4OS2. The van der Waals surface area contributed by atoms with Crippen molar-refractivity contribution in [3.8, 4) is 0 Å². The molecule has 29 heavy (non-hydrogen) atoms. The minimum Gasteiger partial charge on any atom is -0.338 e. The van der Waals surface area contributed by atoms with Crippen LogP contribution in [0.3, 0.4) is 0 Å². The molecule has 0 spiro atoms. The summed E-state index contributed by atoms with van der Waals surface area (Å²) in [7, 11) is 0. The molecule has 1 amide bonds. The summed E-state index contributed by atoms with van der Waals surface area (Å²) in [5.41, 5.74) is 1.16. The van der Waals surface area contributed by atoms with Crippen LogP contribution in [0.5, 0.6) is 0 Å². The number of likely N-dealkylation sites (tertiary alicyclic amines) is 2. The zero-order chi connectivity index (χ0) is 19.6. The Morgan fingerprint density at radius 2 is 1.83 bits per heavy atom. The van der Waals surface area contributed by atoms with Crippen LogP contribution >= 0.6 is 23.1 Å². The van der Waals surface area contributed by atoms with Crippen LogP contribution in [-0.4, -0.2) is 65.2 Å². The third-order valence-corrected chi connectivity index (χ3v) is 8.39. The van der Waals surface area contributed by atoms with E-state index >= 15 is 0 Å². The minimum absolute atomic E-state index is 0.205. The molecule has 2 fully saturated rings. The van der Waals surface area contributed by atoms with Crippen molar-refractivity contribution in [3.05, 3.63) is 35.3 Å². The Labute approximate surface area is 181 Å². The largest absolute Gasteiger partial charge is 0.338 e. The van der Waals surface area contributed by atoms with E-state index in [0.717, 1.165) is 58.8 Å². The maximum absolute atomic E-state index is 13.1. The first-order valence-corrected chi connectivity index (χ1v) is 12.6. The third-order valence-electron chi connectivity index (χ3n) is 6.32.